The van der Waals surface area contributed by atoms with Crippen LogP contribution in [0.5, 0.6) is 5.75 Å². The Hall–Kier alpha value is -2.57. The largest absolute Gasteiger partial charge is 0.496 e. The fraction of sp³-hybridized carbons (Fsp3) is 0.571. The SMILES string of the molecule is CCNC(=NCCc1ccc(C)c(OC)c1)NC1CCc2nc(CC)nn2C1. The minimum Gasteiger partial charge on any atom is -0.496 e. The quantitative estimate of drug-likeness (QED) is 0.566. The lowest BCUT2D eigenvalue weighted by molar-refractivity contribution is 0.392. The molecule has 0 amide bonds. The minimum absolute atomic E-state index is 0.316. The lowest BCUT2D eigenvalue weighted by Crippen LogP contribution is -2.47. The molecule has 0 bridgehead atoms. The van der Waals surface area contributed by atoms with Gasteiger partial charge in [0.15, 0.2) is 11.8 Å². The summed E-state index contributed by atoms with van der Waals surface area (Å²) in [5, 5.41) is 11.5. The predicted octanol–water partition coefficient (Wildman–Crippen LogP) is 2.27. The molecule has 1 aromatic carbocycles. The van der Waals surface area contributed by atoms with Crippen LogP contribution in [0.4, 0.5) is 0 Å². The Morgan fingerprint density at radius 3 is 2.96 bits per heavy atom. The molecule has 2 aromatic rings. The van der Waals surface area contributed by atoms with Gasteiger partial charge in [-0.3, -0.25) is 4.99 Å². The third-order valence-corrected chi connectivity index (χ3v) is 5.05. The third-order valence-electron chi connectivity index (χ3n) is 5.05. The second-order valence-electron chi connectivity index (χ2n) is 7.17. The van der Waals surface area contributed by atoms with Gasteiger partial charge in [-0.15, -0.1) is 0 Å². The first kappa shape index (κ1) is 20.2. The van der Waals surface area contributed by atoms with Gasteiger partial charge in [0.05, 0.1) is 13.7 Å². The summed E-state index contributed by atoms with van der Waals surface area (Å²) in [5.41, 5.74) is 2.39. The summed E-state index contributed by atoms with van der Waals surface area (Å²) in [6.45, 7) is 8.64. The molecule has 7 nitrogen and oxygen atoms in total. The zero-order valence-corrected chi connectivity index (χ0v) is 17.5. The first-order valence-corrected chi connectivity index (χ1v) is 10.2. The van der Waals surface area contributed by atoms with Crippen molar-refractivity contribution in [1.82, 2.24) is 25.4 Å². The smallest absolute Gasteiger partial charge is 0.191 e. The number of nitrogens with one attached hydrogen (secondary N) is 2. The summed E-state index contributed by atoms with van der Waals surface area (Å²) in [5.74, 6) is 3.84. The Balaban J connectivity index is 1.58. The van der Waals surface area contributed by atoms with Gasteiger partial charge < -0.3 is 15.4 Å². The molecule has 2 N–H and O–H groups in total. The van der Waals surface area contributed by atoms with Crippen LogP contribution in [0.2, 0.25) is 0 Å². The Morgan fingerprint density at radius 1 is 1.36 bits per heavy atom. The van der Waals surface area contributed by atoms with E-state index in [-0.39, 0.29) is 0 Å². The lowest BCUT2D eigenvalue weighted by Gasteiger charge is -2.25. The zero-order chi connectivity index (χ0) is 19.9. The zero-order valence-electron chi connectivity index (χ0n) is 17.5. The van der Waals surface area contributed by atoms with Crippen LogP contribution >= 0.6 is 0 Å². The first-order chi connectivity index (χ1) is 13.6. The number of ether oxygens (including phenoxy) is 1. The monoisotopic (exact) mass is 384 g/mol. The van der Waals surface area contributed by atoms with Crippen LogP contribution in [0.15, 0.2) is 23.2 Å². The maximum absolute atomic E-state index is 5.42. The fourth-order valence-corrected chi connectivity index (χ4v) is 3.46. The predicted molar refractivity (Wildman–Crippen MR) is 112 cm³/mol. The van der Waals surface area contributed by atoms with E-state index in [0.29, 0.717) is 6.04 Å². The normalized spacial score (nSPS) is 16.6. The molecule has 0 aliphatic carbocycles. The molecule has 1 aromatic heterocycles. The van der Waals surface area contributed by atoms with E-state index in [0.717, 1.165) is 74.2 Å². The highest BCUT2D eigenvalue weighted by Gasteiger charge is 2.22. The van der Waals surface area contributed by atoms with E-state index in [1.54, 1.807) is 7.11 Å². The Morgan fingerprint density at radius 2 is 2.21 bits per heavy atom. The van der Waals surface area contributed by atoms with Crippen molar-refractivity contribution in [3.63, 3.8) is 0 Å². The highest BCUT2D eigenvalue weighted by atomic mass is 16.5. The molecule has 0 spiro atoms. The van der Waals surface area contributed by atoms with Crippen molar-refractivity contribution in [2.24, 2.45) is 4.99 Å². The topological polar surface area (TPSA) is 76.4 Å². The van der Waals surface area contributed by atoms with Gasteiger partial charge in [0.25, 0.3) is 0 Å². The number of aliphatic imine (C=N–C) groups is 1. The van der Waals surface area contributed by atoms with Gasteiger partial charge in [0.1, 0.15) is 11.6 Å². The number of guanidine groups is 1. The summed E-state index contributed by atoms with van der Waals surface area (Å²) in [4.78, 5) is 9.36. The molecule has 0 saturated carbocycles. The molecule has 1 aliphatic rings. The van der Waals surface area contributed by atoms with E-state index in [1.807, 2.05) is 4.68 Å². The highest BCUT2D eigenvalue weighted by Crippen LogP contribution is 2.19. The summed E-state index contributed by atoms with van der Waals surface area (Å²) in [7, 11) is 1.71. The summed E-state index contributed by atoms with van der Waals surface area (Å²) in [6.07, 6.45) is 3.76. The number of aryl methyl sites for hydroxylation is 3. The van der Waals surface area contributed by atoms with Crippen LogP contribution in [0, 0.1) is 6.92 Å². The Kier molecular flexibility index (Phi) is 6.90. The van der Waals surface area contributed by atoms with Crippen LogP contribution in [-0.4, -0.2) is 47.0 Å². The molecule has 152 valence electrons. The Bertz CT molecular complexity index is 813. The van der Waals surface area contributed by atoms with Gasteiger partial charge in [0.2, 0.25) is 0 Å². The van der Waals surface area contributed by atoms with Gasteiger partial charge >= 0.3 is 0 Å². The summed E-state index contributed by atoms with van der Waals surface area (Å²) in [6, 6.07) is 6.66. The number of benzene rings is 1. The summed E-state index contributed by atoms with van der Waals surface area (Å²) < 4.78 is 7.46. The van der Waals surface area contributed by atoms with Crippen molar-refractivity contribution in [2.45, 2.75) is 59.0 Å². The molecule has 0 fully saturated rings. The van der Waals surface area contributed by atoms with E-state index in [4.69, 9.17) is 9.73 Å². The van der Waals surface area contributed by atoms with Gasteiger partial charge in [-0.05, 0) is 43.9 Å². The van der Waals surface area contributed by atoms with Crippen molar-refractivity contribution in [3.8, 4) is 5.75 Å². The van der Waals surface area contributed by atoms with Crippen molar-refractivity contribution in [1.29, 1.82) is 0 Å². The van der Waals surface area contributed by atoms with Crippen molar-refractivity contribution in [3.05, 3.63) is 41.0 Å². The molecule has 2 heterocycles. The van der Waals surface area contributed by atoms with Gasteiger partial charge in [-0.25, -0.2) is 9.67 Å². The van der Waals surface area contributed by atoms with E-state index in [1.165, 1.54) is 5.56 Å². The molecule has 0 saturated heterocycles. The maximum Gasteiger partial charge on any atom is 0.191 e. The van der Waals surface area contributed by atoms with Crippen LogP contribution < -0.4 is 15.4 Å². The van der Waals surface area contributed by atoms with Crippen LogP contribution in [0.3, 0.4) is 0 Å². The molecular formula is C21H32N6O. The molecule has 1 unspecified atom stereocenters. The molecule has 1 aliphatic heterocycles. The Labute approximate surface area is 167 Å². The van der Waals surface area contributed by atoms with Gasteiger partial charge in [-0.1, -0.05) is 19.1 Å². The van der Waals surface area contributed by atoms with Crippen LogP contribution in [-0.2, 0) is 25.8 Å². The molecule has 0 radical (unpaired) electrons. The molecular weight excluding hydrogens is 352 g/mol. The van der Waals surface area contributed by atoms with Crippen molar-refractivity contribution < 1.29 is 4.74 Å². The fourth-order valence-electron chi connectivity index (χ4n) is 3.46. The van der Waals surface area contributed by atoms with E-state index < -0.39 is 0 Å². The number of nitrogens with zero attached hydrogens (tertiary/aromatic N) is 4. The average Bonchev–Trinajstić information content (AvgIpc) is 3.12. The number of hydrogen-bond acceptors (Lipinski definition) is 4. The molecule has 28 heavy (non-hydrogen) atoms. The maximum atomic E-state index is 5.42. The molecule has 3 rings (SSSR count). The van der Waals surface area contributed by atoms with E-state index in [2.05, 4.69) is 59.7 Å². The standard InChI is InChI=1S/C21H32N6O/c1-5-19-25-20-10-9-17(14-27(20)26-19)24-21(22-6-2)23-12-11-16-8-7-15(3)18(13-16)28-4/h7-8,13,17H,5-6,9-12,14H2,1-4H3,(H2,22,23,24). The number of fused-ring (bicyclic) bond motifs is 1. The van der Waals surface area contributed by atoms with E-state index >= 15 is 0 Å². The van der Waals surface area contributed by atoms with Gasteiger partial charge in [0, 0.05) is 32.0 Å². The highest BCUT2D eigenvalue weighted by molar-refractivity contribution is 5.80. The second-order valence-corrected chi connectivity index (χ2v) is 7.17. The number of aromatic nitrogens is 3. The minimum atomic E-state index is 0.316. The second kappa shape index (κ2) is 9.57. The molecule has 1 atom stereocenters. The number of rotatable bonds is 7. The van der Waals surface area contributed by atoms with Crippen LogP contribution in [0.25, 0.3) is 0 Å². The van der Waals surface area contributed by atoms with Crippen molar-refractivity contribution in [2.75, 3.05) is 20.2 Å². The van der Waals surface area contributed by atoms with E-state index in [9.17, 15) is 0 Å². The van der Waals surface area contributed by atoms with Crippen LogP contribution in [0.1, 0.15) is 43.0 Å². The number of methoxy groups -OCH3 is 1. The third kappa shape index (κ3) is 5.03. The van der Waals surface area contributed by atoms with Crippen molar-refractivity contribution >= 4 is 5.96 Å². The summed E-state index contributed by atoms with van der Waals surface area (Å²) >= 11 is 0. The van der Waals surface area contributed by atoms with Gasteiger partial charge in [-0.2, -0.15) is 5.10 Å². The first-order valence-electron chi connectivity index (χ1n) is 10.2. The molecule has 7 heteroatoms. The average molecular weight is 385 g/mol. The number of hydrogen-bond donors (Lipinski definition) is 2. The lowest BCUT2D eigenvalue weighted by atomic mass is 10.1.